The first-order valence-corrected chi connectivity index (χ1v) is 6.33. The number of fused-ring (bicyclic) bond motifs is 1. The van der Waals surface area contributed by atoms with Crippen LogP contribution in [0.3, 0.4) is 0 Å². The number of carboxylic acid groups (broad SMARTS) is 1. The topological polar surface area (TPSA) is 85.4 Å². The van der Waals surface area contributed by atoms with Crippen LogP contribution in [0.5, 0.6) is 5.75 Å². The molecule has 0 amide bonds. The number of rotatable bonds is 2. The minimum Gasteiger partial charge on any atom is -0.507 e. The second kappa shape index (κ2) is 4.28. The highest BCUT2D eigenvalue weighted by Gasteiger charge is 2.31. The summed E-state index contributed by atoms with van der Waals surface area (Å²) in [7, 11) is 0. The number of aromatic amines is 1. The van der Waals surface area contributed by atoms with Crippen molar-refractivity contribution in [1.82, 2.24) is 10.3 Å². The van der Waals surface area contributed by atoms with Crippen LogP contribution in [0.2, 0.25) is 0 Å². The second-order valence-electron chi connectivity index (χ2n) is 5.13. The summed E-state index contributed by atoms with van der Waals surface area (Å²) < 4.78 is 0. The number of carboxylic acids is 1. The fraction of sp³-hybridized carbons (Fsp3) is 0.357. The molecule has 100 valence electrons. The summed E-state index contributed by atoms with van der Waals surface area (Å²) in [4.78, 5) is 14.1. The van der Waals surface area contributed by atoms with E-state index in [0.717, 1.165) is 22.0 Å². The maximum atomic E-state index is 11.0. The molecule has 1 fully saturated rings. The van der Waals surface area contributed by atoms with Gasteiger partial charge in [0.05, 0.1) is 5.92 Å². The lowest BCUT2D eigenvalue weighted by Crippen LogP contribution is -2.17. The molecule has 2 unspecified atom stereocenters. The van der Waals surface area contributed by atoms with Gasteiger partial charge in [-0.15, -0.1) is 0 Å². The molecule has 4 N–H and O–H groups in total. The zero-order valence-electron chi connectivity index (χ0n) is 10.6. The molecule has 1 aromatic carbocycles. The van der Waals surface area contributed by atoms with E-state index < -0.39 is 5.97 Å². The predicted octanol–water partition coefficient (Wildman–Crippen LogP) is 1.92. The molecule has 0 bridgehead atoms. The number of carbonyl (C=O) groups is 1. The Morgan fingerprint density at radius 3 is 2.89 bits per heavy atom. The van der Waals surface area contributed by atoms with Gasteiger partial charge in [-0.1, -0.05) is 6.07 Å². The minimum atomic E-state index is -0.784. The number of aryl methyl sites for hydroxylation is 1. The fourth-order valence-electron chi connectivity index (χ4n) is 2.83. The van der Waals surface area contributed by atoms with Crippen LogP contribution in [-0.2, 0) is 4.79 Å². The fourth-order valence-corrected chi connectivity index (χ4v) is 2.83. The number of hydrogen-bond acceptors (Lipinski definition) is 3. The maximum absolute atomic E-state index is 11.0. The van der Waals surface area contributed by atoms with Gasteiger partial charge >= 0.3 is 5.97 Å². The van der Waals surface area contributed by atoms with Crippen LogP contribution < -0.4 is 5.32 Å². The van der Waals surface area contributed by atoms with Crippen molar-refractivity contribution in [2.45, 2.75) is 19.4 Å². The Morgan fingerprint density at radius 1 is 1.42 bits per heavy atom. The van der Waals surface area contributed by atoms with Crippen molar-refractivity contribution in [3.8, 4) is 5.75 Å². The predicted molar refractivity (Wildman–Crippen MR) is 71.2 cm³/mol. The van der Waals surface area contributed by atoms with Crippen molar-refractivity contribution >= 4 is 16.9 Å². The monoisotopic (exact) mass is 260 g/mol. The molecule has 2 heterocycles. The lowest BCUT2D eigenvalue weighted by atomic mass is 9.97. The van der Waals surface area contributed by atoms with E-state index in [0.29, 0.717) is 13.0 Å². The number of aliphatic carboxylic acids is 1. The molecular formula is C14H16N2O3. The highest BCUT2D eigenvalue weighted by molar-refractivity contribution is 5.90. The van der Waals surface area contributed by atoms with Crippen LogP contribution in [0, 0.1) is 12.8 Å². The van der Waals surface area contributed by atoms with Crippen LogP contribution in [0.15, 0.2) is 18.3 Å². The van der Waals surface area contributed by atoms with Gasteiger partial charge < -0.3 is 20.5 Å². The molecule has 5 heteroatoms. The third-order valence-corrected chi connectivity index (χ3v) is 3.90. The van der Waals surface area contributed by atoms with Crippen molar-refractivity contribution in [2.24, 2.45) is 5.92 Å². The summed E-state index contributed by atoms with van der Waals surface area (Å²) in [5.41, 5.74) is 2.66. The zero-order chi connectivity index (χ0) is 13.6. The van der Waals surface area contributed by atoms with Crippen molar-refractivity contribution < 1.29 is 15.0 Å². The molecular weight excluding hydrogens is 244 g/mol. The Kier molecular flexibility index (Phi) is 2.71. The number of phenolic OH excluding ortho intramolecular Hbond substituents is 1. The van der Waals surface area contributed by atoms with Crippen LogP contribution >= 0.6 is 0 Å². The summed E-state index contributed by atoms with van der Waals surface area (Å²) in [6.45, 7) is 2.38. The van der Waals surface area contributed by atoms with Gasteiger partial charge in [-0.25, -0.2) is 0 Å². The molecule has 19 heavy (non-hydrogen) atoms. The molecule has 0 saturated carbocycles. The Morgan fingerprint density at radius 2 is 2.21 bits per heavy atom. The number of phenols is 1. The molecule has 2 aromatic rings. The highest BCUT2D eigenvalue weighted by atomic mass is 16.4. The van der Waals surface area contributed by atoms with Gasteiger partial charge in [0.15, 0.2) is 0 Å². The van der Waals surface area contributed by atoms with E-state index in [2.05, 4.69) is 10.3 Å². The quantitative estimate of drug-likeness (QED) is 0.664. The summed E-state index contributed by atoms with van der Waals surface area (Å²) in [6.07, 6.45) is 2.37. The first kappa shape index (κ1) is 12.0. The minimum absolute atomic E-state index is 0.0974. The van der Waals surface area contributed by atoms with Crippen molar-refractivity contribution in [3.05, 3.63) is 29.5 Å². The number of aromatic hydroxyl groups is 1. The van der Waals surface area contributed by atoms with Crippen molar-refractivity contribution in [1.29, 1.82) is 0 Å². The lowest BCUT2D eigenvalue weighted by Gasteiger charge is -2.13. The van der Waals surface area contributed by atoms with Gasteiger partial charge in [0.2, 0.25) is 0 Å². The van der Waals surface area contributed by atoms with E-state index >= 15 is 0 Å². The molecule has 5 nitrogen and oxygen atoms in total. The van der Waals surface area contributed by atoms with Gasteiger partial charge in [0, 0.05) is 35.2 Å². The van der Waals surface area contributed by atoms with Gasteiger partial charge in [0.1, 0.15) is 5.75 Å². The lowest BCUT2D eigenvalue weighted by molar-refractivity contribution is -0.141. The van der Waals surface area contributed by atoms with E-state index in [9.17, 15) is 9.90 Å². The summed E-state index contributed by atoms with van der Waals surface area (Å²) in [5.74, 6) is -0.916. The average Bonchev–Trinajstić information content (AvgIpc) is 2.97. The molecule has 0 aliphatic carbocycles. The van der Waals surface area contributed by atoms with Crippen LogP contribution in [0.1, 0.15) is 23.6 Å². The van der Waals surface area contributed by atoms with E-state index in [1.54, 1.807) is 0 Å². The standard InChI is InChI=1S/C14H16N2O3/c1-7-5-15-10-3-2-9(13(17)12(7)10)11-4-8(6-16-11)14(18)19/h2-3,5,8,11,15-17H,4,6H2,1H3,(H,18,19). The van der Waals surface area contributed by atoms with E-state index in [4.69, 9.17) is 5.11 Å². The smallest absolute Gasteiger partial charge is 0.307 e. The molecule has 0 radical (unpaired) electrons. The Balaban J connectivity index is 2.00. The molecule has 3 rings (SSSR count). The number of nitrogens with one attached hydrogen (secondary N) is 2. The highest BCUT2D eigenvalue weighted by Crippen LogP contribution is 2.38. The van der Waals surface area contributed by atoms with Gasteiger partial charge in [-0.2, -0.15) is 0 Å². The van der Waals surface area contributed by atoms with Crippen LogP contribution in [0.25, 0.3) is 10.9 Å². The van der Waals surface area contributed by atoms with E-state index in [1.165, 1.54) is 0 Å². The average molecular weight is 260 g/mol. The number of benzene rings is 1. The first-order valence-electron chi connectivity index (χ1n) is 6.33. The van der Waals surface area contributed by atoms with E-state index in [-0.39, 0.29) is 17.7 Å². The maximum Gasteiger partial charge on any atom is 0.307 e. The Hall–Kier alpha value is -2.01. The SMILES string of the molecule is Cc1c[nH]c2ccc(C3CC(C(=O)O)CN3)c(O)c12. The normalized spacial score (nSPS) is 23.0. The molecule has 1 aliphatic heterocycles. The summed E-state index contributed by atoms with van der Waals surface area (Å²) >= 11 is 0. The summed E-state index contributed by atoms with van der Waals surface area (Å²) in [5, 5.41) is 23.4. The van der Waals surface area contributed by atoms with Crippen molar-refractivity contribution in [3.63, 3.8) is 0 Å². The van der Waals surface area contributed by atoms with E-state index in [1.807, 2.05) is 25.3 Å². The number of H-pyrrole nitrogens is 1. The Bertz CT molecular complexity index is 647. The molecule has 1 aromatic heterocycles. The van der Waals surface area contributed by atoms with Crippen LogP contribution in [0.4, 0.5) is 0 Å². The summed E-state index contributed by atoms with van der Waals surface area (Å²) in [6, 6.07) is 3.68. The Labute approximate surface area is 110 Å². The van der Waals surface area contributed by atoms with Gasteiger partial charge in [-0.3, -0.25) is 4.79 Å². The number of hydrogen-bond donors (Lipinski definition) is 4. The zero-order valence-corrected chi connectivity index (χ0v) is 10.6. The molecule has 2 atom stereocenters. The largest absolute Gasteiger partial charge is 0.507 e. The molecule has 1 aliphatic rings. The van der Waals surface area contributed by atoms with Crippen LogP contribution in [-0.4, -0.2) is 27.7 Å². The number of aromatic nitrogens is 1. The molecule has 0 spiro atoms. The second-order valence-corrected chi connectivity index (χ2v) is 5.13. The third-order valence-electron chi connectivity index (χ3n) is 3.90. The molecule has 1 saturated heterocycles. The van der Waals surface area contributed by atoms with Gasteiger partial charge in [0.25, 0.3) is 0 Å². The van der Waals surface area contributed by atoms with Gasteiger partial charge in [-0.05, 0) is 25.0 Å². The first-order chi connectivity index (χ1) is 9.08. The third kappa shape index (κ3) is 1.86. The van der Waals surface area contributed by atoms with Crippen molar-refractivity contribution in [2.75, 3.05) is 6.54 Å².